The first kappa shape index (κ1) is 26.1. The Morgan fingerprint density at radius 1 is 0.815 bits per heavy atom. The van der Waals surface area contributed by atoms with Crippen LogP contribution in [0.5, 0.6) is 0 Å². The topological polar surface area (TPSA) is 64.6 Å². The molecule has 0 rings (SSSR count). The largest absolute Gasteiger partial charge is 0.464 e. The SMILES string of the molecule is CCCCCCCCCCCCOC(=O)C(CCSC)NC(=O)OCCC. The lowest BCUT2D eigenvalue weighted by Crippen LogP contribution is -2.42. The molecule has 1 N–H and O–H groups in total. The third-order valence-corrected chi connectivity index (χ3v) is 5.01. The Balaban J connectivity index is 3.81. The molecule has 0 aliphatic heterocycles. The van der Waals surface area contributed by atoms with Crippen LogP contribution in [0.2, 0.25) is 0 Å². The van der Waals surface area contributed by atoms with Crippen LogP contribution in [0.15, 0.2) is 0 Å². The third-order valence-electron chi connectivity index (χ3n) is 4.37. The van der Waals surface area contributed by atoms with Crippen LogP contribution in [0, 0.1) is 0 Å². The number of carbonyl (C=O) groups is 2. The molecule has 160 valence electrons. The molecule has 6 heteroatoms. The lowest BCUT2D eigenvalue weighted by atomic mass is 10.1. The molecule has 0 bridgehead atoms. The zero-order valence-electron chi connectivity index (χ0n) is 17.7. The van der Waals surface area contributed by atoms with E-state index in [1.807, 2.05) is 13.2 Å². The summed E-state index contributed by atoms with van der Waals surface area (Å²) in [5.41, 5.74) is 0. The number of rotatable bonds is 18. The normalized spacial score (nSPS) is 11.8. The molecule has 0 aliphatic carbocycles. The summed E-state index contributed by atoms with van der Waals surface area (Å²) in [5, 5.41) is 2.63. The Bertz CT molecular complexity index is 366. The minimum absolute atomic E-state index is 0.353. The molecule has 1 unspecified atom stereocenters. The summed E-state index contributed by atoms with van der Waals surface area (Å²) < 4.78 is 10.4. The Hall–Kier alpha value is -0.910. The summed E-state index contributed by atoms with van der Waals surface area (Å²) in [6, 6.07) is -0.620. The van der Waals surface area contributed by atoms with E-state index in [4.69, 9.17) is 9.47 Å². The molecule has 27 heavy (non-hydrogen) atoms. The summed E-state index contributed by atoms with van der Waals surface area (Å²) in [6.45, 7) is 4.96. The van der Waals surface area contributed by atoms with Gasteiger partial charge >= 0.3 is 12.1 Å². The van der Waals surface area contributed by atoms with Gasteiger partial charge in [-0.05, 0) is 31.3 Å². The minimum atomic E-state index is -0.620. The maximum Gasteiger partial charge on any atom is 0.407 e. The van der Waals surface area contributed by atoms with Crippen molar-refractivity contribution >= 4 is 23.8 Å². The molecule has 0 aliphatic rings. The average Bonchev–Trinajstić information content (AvgIpc) is 2.67. The molecule has 0 aromatic rings. The molecule has 0 saturated heterocycles. The summed E-state index contributed by atoms with van der Waals surface area (Å²) in [5.74, 6) is 0.430. The highest BCUT2D eigenvalue weighted by Gasteiger charge is 2.22. The number of alkyl carbamates (subject to hydrolysis) is 1. The summed E-state index contributed by atoms with van der Waals surface area (Å²) in [7, 11) is 0. The van der Waals surface area contributed by atoms with Gasteiger partial charge in [0, 0.05) is 0 Å². The zero-order chi connectivity index (χ0) is 20.2. The number of amides is 1. The minimum Gasteiger partial charge on any atom is -0.464 e. The quantitative estimate of drug-likeness (QED) is 0.235. The Morgan fingerprint density at radius 3 is 1.96 bits per heavy atom. The van der Waals surface area contributed by atoms with Gasteiger partial charge in [-0.25, -0.2) is 9.59 Å². The van der Waals surface area contributed by atoms with Crippen LogP contribution in [0.1, 0.15) is 90.9 Å². The first-order chi connectivity index (χ1) is 13.2. The molecule has 0 heterocycles. The van der Waals surface area contributed by atoms with Gasteiger partial charge in [0.2, 0.25) is 0 Å². The average molecular weight is 404 g/mol. The standard InChI is InChI=1S/C21H41NO4S/c1-4-6-7-8-9-10-11-12-13-14-17-25-20(23)19(15-18-27-3)22-21(24)26-16-5-2/h19H,4-18H2,1-3H3,(H,22,24). The van der Waals surface area contributed by atoms with E-state index in [2.05, 4.69) is 12.2 Å². The number of thioether (sulfide) groups is 1. The van der Waals surface area contributed by atoms with Gasteiger partial charge in [-0.15, -0.1) is 0 Å². The fourth-order valence-electron chi connectivity index (χ4n) is 2.73. The summed E-state index contributed by atoms with van der Waals surface area (Å²) in [4.78, 5) is 23.9. The highest BCUT2D eigenvalue weighted by atomic mass is 32.2. The van der Waals surface area contributed by atoms with E-state index < -0.39 is 12.1 Å². The van der Waals surface area contributed by atoms with Gasteiger partial charge in [0.05, 0.1) is 13.2 Å². The number of esters is 1. The van der Waals surface area contributed by atoms with E-state index in [-0.39, 0.29) is 5.97 Å². The van der Waals surface area contributed by atoms with Gasteiger partial charge in [0.1, 0.15) is 6.04 Å². The van der Waals surface area contributed by atoms with Gasteiger partial charge in [0.15, 0.2) is 0 Å². The van der Waals surface area contributed by atoms with Crippen molar-refractivity contribution in [2.45, 2.75) is 96.9 Å². The van der Waals surface area contributed by atoms with E-state index in [0.29, 0.717) is 19.6 Å². The van der Waals surface area contributed by atoms with Crippen molar-refractivity contribution in [2.75, 3.05) is 25.2 Å². The zero-order valence-corrected chi connectivity index (χ0v) is 18.5. The molecule has 0 aromatic carbocycles. The Labute approximate surface area is 170 Å². The number of nitrogens with one attached hydrogen (secondary N) is 1. The molecule has 0 fully saturated rings. The fraction of sp³-hybridized carbons (Fsp3) is 0.905. The molecule has 1 amide bonds. The first-order valence-electron chi connectivity index (χ1n) is 10.7. The highest BCUT2D eigenvalue weighted by Crippen LogP contribution is 2.11. The monoisotopic (exact) mass is 403 g/mol. The summed E-state index contributed by atoms with van der Waals surface area (Å²) >= 11 is 1.64. The van der Waals surface area contributed by atoms with Crippen molar-refractivity contribution in [2.24, 2.45) is 0 Å². The molecule has 5 nitrogen and oxygen atoms in total. The van der Waals surface area contributed by atoms with Gasteiger partial charge in [-0.3, -0.25) is 0 Å². The van der Waals surface area contributed by atoms with E-state index in [1.165, 1.54) is 51.4 Å². The molecular formula is C21H41NO4S. The van der Waals surface area contributed by atoms with Crippen LogP contribution in [-0.2, 0) is 14.3 Å². The Morgan fingerprint density at radius 2 is 1.41 bits per heavy atom. The number of hydrogen-bond donors (Lipinski definition) is 1. The molecular weight excluding hydrogens is 362 g/mol. The summed E-state index contributed by atoms with van der Waals surface area (Å²) in [6.07, 6.45) is 15.2. The van der Waals surface area contributed by atoms with Gasteiger partial charge in [-0.2, -0.15) is 11.8 Å². The molecule has 1 atom stereocenters. The number of unbranched alkanes of at least 4 members (excludes halogenated alkanes) is 9. The van der Waals surface area contributed by atoms with Crippen LogP contribution in [0.3, 0.4) is 0 Å². The number of hydrogen-bond acceptors (Lipinski definition) is 5. The lowest BCUT2D eigenvalue weighted by molar-refractivity contribution is -0.146. The van der Waals surface area contributed by atoms with Gasteiger partial charge in [0.25, 0.3) is 0 Å². The van der Waals surface area contributed by atoms with Crippen LogP contribution in [0.4, 0.5) is 4.79 Å². The second-order valence-electron chi connectivity index (χ2n) is 6.96. The first-order valence-corrected chi connectivity index (χ1v) is 12.1. The molecule has 0 aromatic heterocycles. The Kier molecular flexibility index (Phi) is 19.2. The molecule has 0 saturated carbocycles. The smallest absolute Gasteiger partial charge is 0.407 e. The van der Waals surface area contributed by atoms with Crippen LogP contribution < -0.4 is 5.32 Å². The van der Waals surface area contributed by atoms with Crippen molar-refractivity contribution < 1.29 is 19.1 Å². The van der Waals surface area contributed by atoms with Crippen molar-refractivity contribution in [3.8, 4) is 0 Å². The second kappa shape index (κ2) is 19.8. The van der Waals surface area contributed by atoms with E-state index >= 15 is 0 Å². The maximum atomic E-state index is 12.2. The van der Waals surface area contributed by atoms with E-state index in [9.17, 15) is 9.59 Å². The maximum absolute atomic E-state index is 12.2. The molecule has 0 radical (unpaired) electrons. The van der Waals surface area contributed by atoms with Crippen molar-refractivity contribution in [3.05, 3.63) is 0 Å². The van der Waals surface area contributed by atoms with Crippen LogP contribution in [0.25, 0.3) is 0 Å². The number of ether oxygens (including phenoxy) is 2. The van der Waals surface area contributed by atoms with Crippen molar-refractivity contribution in [1.82, 2.24) is 5.32 Å². The molecule has 0 spiro atoms. The third kappa shape index (κ3) is 17.0. The van der Waals surface area contributed by atoms with E-state index in [1.54, 1.807) is 11.8 Å². The predicted octanol–water partition coefficient (Wildman–Crippen LogP) is 5.71. The second-order valence-corrected chi connectivity index (χ2v) is 7.95. The number of carbonyl (C=O) groups excluding carboxylic acids is 2. The van der Waals surface area contributed by atoms with E-state index in [0.717, 1.165) is 25.0 Å². The van der Waals surface area contributed by atoms with Gasteiger partial charge < -0.3 is 14.8 Å². The van der Waals surface area contributed by atoms with Crippen LogP contribution >= 0.6 is 11.8 Å². The van der Waals surface area contributed by atoms with Crippen LogP contribution in [-0.4, -0.2) is 43.3 Å². The van der Waals surface area contributed by atoms with Gasteiger partial charge in [-0.1, -0.05) is 71.6 Å². The van der Waals surface area contributed by atoms with Crippen molar-refractivity contribution in [3.63, 3.8) is 0 Å². The fourth-order valence-corrected chi connectivity index (χ4v) is 3.20. The predicted molar refractivity (Wildman–Crippen MR) is 114 cm³/mol. The highest BCUT2D eigenvalue weighted by molar-refractivity contribution is 7.98. The van der Waals surface area contributed by atoms with Crippen molar-refractivity contribution in [1.29, 1.82) is 0 Å². The lowest BCUT2D eigenvalue weighted by Gasteiger charge is -2.17.